The number of nitrogens with zero attached hydrogens (tertiary/aromatic N) is 2. The molecule has 6 N–H and O–H groups in total. The topological polar surface area (TPSA) is 186 Å². The third-order valence-electron chi connectivity index (χ3n) is 3.78. The number of fused-ring (bicyclic) bond motifs is 1. The summed E-state index contributed by atoms with van der Waals surface area (Å²) in [4.78, 5) is -1.13. The molecule has 10 nitrogen and oxygen atoms in total. The molecule has 0 aliphatic rings. The number of azo groups is 1. The predicted molar refractivity (Wildman–Crippen MR) is 103 cm³/mol. The second kappa shape index (κ2) is 6.83. The summed E-state index contributed by atoms with van der Waals surface area (Å²) < 4.78 is 65.7. The van der Waals surface area contributed by atoms with Crippen LogP contribution in [0.4, 0.5) is 22.7 Å². The Hall–Kier alpha value is -3.06. The molecule has 0 saturated heterocycles. The smallest absolute Gasteiger partial charge is 0.295 e. The van der Waals surface area contributed by atoms with E-state index < -0.39 is 30.0 Å². The van der Waals surface area contributed by atoms with E-state index in [1.165, 1.54) is 36.4 Å². The van der Waals surface area contributed by atoms with E-state index in [0.717, 1.165) is 12.1 Å². The van der Waals surface area contributed by atoms with Crippen molar-refractivity contribution in [1.29, 1.82) is 0 Å². The maximum atomic E-state index is 11.8. The minimum absolute atomic E-state index is 0.0903. The van der Waals surface area contributed by atoms with E-state index in [0.29, 0.717) is 5.69 Å². The number of rotatable bonds is 4. The van der Waals surface area contributed by atoms with E-state index in [1.807, 2.05) is 0 Å². The highest BCUT2D eigenvalue weighted by Crippen LogP contribution is 2.34. The molecular weight excluding hydrogens is 408 g/mol. The van der Waals surface area contributed by atoms with Crippen molar-refractivity contribution < 1.29 is 25.9 Å². The molecule has 0 radical (unpaired) electrons. The lowest BCUT2D eigenvalue weighted by Crippen LogP contribution is -2.03. The van der Waals surface area contributed by atoms with Gasteiger partial charge in [0.1, 0.15) is 15.5 Å². The van der Waals surface area contributed by atoms with E-state index in [9.17, 15) is 25.9 Å². The zero-order valence-electron chi connectivity index (χ0n) is 14.0. The van der Waals surface area contributed by atoms with E-state index in [4.69, 9.17) is 11.5 Å². The molecule has 0 aliphatic carbocycles. The maximum Gasteiger partial charge on any atom is 0.295 e. The van der Waals surface area contributed by atoms with Crippen LogP contribution in [0.1, 0.15) is 0 Å². The third kappa shape index (κ3) is 3.94. The Balaban J connectivity index is 2.28. The van der Waals surface area contributed by atoms with Gasteiger partial charge in [0.05, 0.1) is 11.4 Å². The molecule has 146 valence electrons. The summed E-state index contributed by atoms with van der Waals surface area (Å²) in [6.45, 7) is 0. The fourth-order valence-electron chi connectivity index (χ4n) is 2.58. The van der Waals surface area contributed by atoms with Gasteiger partial charge in [0, 0.05) is 16.5 Å². The average Bonchev–Trinajstić information content (AvgIpc) is 2.58. The van der Waals surface area contributed by atoms with Crippen LogP contribution in [0.2, 0.25) is 0 Å². The molecule has 0 fully saturated rings. The standard InChI is InChI=1S/C16H14N4O6S2/c17-9-4-5-14(13(18)6-9)20-19-10-7-12-11(16(8-10)28(24,25)26)2-1-3-15(12)27(21,22)23/h1-8H,17-18H2,(H,21,22,23)(H,24,25,26). The summed E-state index contributed by atoms with van der Waals surface area (Å²) in [5.74, 6) is 0. The van der Waals surface area contributed by atoms with Gasteiger partial charge in [0.15, 0.2) is 0 Å². The van der Waals surface area contributed by atoms with E-state index >= 15 is 0 Å². The normalized spacial score (nSPS) is 12.6. The van der Waals surface area contributed by atoms with Gasteiger partial charge in [-0.2, -0.15) is 21.9 Å². The zero-order valence-corrected chi connectivity index (χ0v) is 15.6. The van der Waals surface area contributed by atoms with Gasteiger partial charge in [-0.3, -0.25) is 9.11 Å². The van der Waals surface area contributed by atoms with Crippen molar-refractivity contribution in [2.75, 3.05) is 11.5 Å². The van der Waals surface area contributed by atoms with Crippen LogP contribution >= 0.6 is 0 Å². The monoisotopic (exact) mass is 422 g/mol. The summed E-state index contributed by atoms with van der Waals surface area (Å²) in [6, 6.07) is 10.3. The minimum atomic E-state index is -4.73. The van der Waals surface area contributed by atoms with Gasteiger partial charge in [-0.1, -0.05) is 12.1 Å². The molecule has 0 spiro atoms. The lowest BCUT2D eigenvalue weighted by Gasteiger charge is -2.08. The maximum absolute atomic E-state index is 11.8. The summed E-state index contributed by atoms with van der Waals surface area (Å²) >= 11 is 0. The fourth-order valence-corrected chi connectivity index (χ4v) is 4.00. The van der Waals surface area contributed by atoms with Crippen molar-refractivity contribution >= 4 is 53.8 Å². The van der Waals surface area contributed by atoms with Gasteiger partial charge >= 0.3 is 0 Å². The van der Waals surface area contributed by atoms with Crippen LogP contribution in [-0.4, -0.2) is 25.9 Å². The average molecular weight is 422 g/mol. The van der Waals surface area contributed by atoms with Gasteiger partial charge in [0.2, 0.25) is 0 Å². The number of anilines is 2. The largest absolute Gasteiger partial charge is 0.399 e. The molecule has 0 aliphatic heterocycles. The number of hydrogen-bond donors (Lipinski definition) is 4. The Bertz CT molecular complexity index is 1330. The predicted octanol–water partition coefficient (Wildman–Crippen LogP) is 2.91. The fraction of sp³-hybridized carbons (Fsp3) is 0. The SMILES string of the molecule is Nc1ccc(N=Nc2cc(S(=O)(=O)O)c3cccc(S(=O)(=O)O)c3c2)c(N)c1. The number of hydrogen-bond acceptors (Lipinski definition) is 8. The first-order valence-electron chi connectivity index (χ1n) is 7.55. The van der Waals surface area contributed by atoms with Gasteiger partial charge in [0.25, 0.3) is 20.2 Å². The highest BCUT2D eigenvalue weighted by molar-refractivity contribution is 7.86. The van der Waals surface area contributed by atoms with Gasteiger partial charge < -0.3 is 11.5 Å². The Labute approximate surface area is 160 Å². The second-order valence-electron chi connectivity index (χ2n) is 5.76. The molecule has 3 aromatic carbocycles. The molecule has 0 saturated carbocycles. The number of benzene rings is 3. The van der Waals surface area contributed by atoms with Crippen LogP contribution in [0.25, 0.3) is 10.8 Å². The lowest BCUT2D eigenvalue weighted by atomic mass is 10.1. The summed E-state index contributed by atoms with van der Waals surface area (Å²) in [5.41, 5.74) is 12.2. The molecule has 0 bridgehead atoms. The molecule has 0 amide bonds. The highest BCUT2D eigenvalue weighted by Gasteiger charge is 2.21. The molecule has 0 aromatic heterocycles. The van der Waals surface area contributed by atoms with E-state index in [2.05, 4.69) is 10.2 Å². The van der Waals surface area contributed by atoms with Crippen molar-refractivity contribution in [2.45, 2.75) is 9.79 Å². The Morgan fingerprint density at radius 1 is 0.750 bits per heavy atom. The molecule has 0 unspecified atom stereocenters. The van der Waals surface area contributed by atoms with Gasteiger partial charge in [-0.25, -0.2) is 0 Å². The van der Waals surface area contributed by atoms with Gasteiger partial charge in [-0.15, -0.1) is 5.11 Å². The molecule has 0 atom stereocenters. The first-order chi connectivity index (χ1) is 13.0. The van der Waals surface area contributed by atoms with Crippen molar-refractivity contribution in [3.63, 3.8) is 0 Å². The first kappa shape index (κ1) is 19.7. The second-order valence-corrected chi connectivity index (χ2v) is 8.54. The Morgan fingerprint density at radius 2 is 1.43 bits per heavy atom. The van der Waals surface area contributed by atoms with E-state index in [-0.39, 0.29) is 27.8 Å². The number of nitrogen functional groups attached to an aromatic ring is 2. The first-order valence-corrected chi connectivity index (χ1v) is 10.4. The summed E-state index contributed by atoms with van der Waals surface area (Å²) in [5, 5.41) is 7.50. The molecule has 12 heteroatoms. The van der Waals surface area contributed by atoms with Crippen molar-refractivity contribution in [3.05, 3.63) is 48.5 Å². The van der Waals surface area contributed by atoms with Crippen molar-refractivity contribution in [3.8, 4) is 0 Å². The lowest BCUT2D eigenvalue weighted by molar-refractivity contribution is 0.481. The van der Waals surface area contributed by atoms with Crippen molar-refractivity contribution in [1.82, 2.24) is 0 Å². The molecular formula is C16H14N4O6S2. The van der Waals surface area contributed by atoms with Crippen LogP contribution in [-0.2, 0) is 20.2 Å². The quantitative estimate of drug-likeness (QED) is 0.281. The highest BCUT2D eigenvalue weighted by atomic mass is 32.2. The molecule has 3 rings (SSSR count). The van der Waals surface area contributed by atoms with Crippen LogP contribution in [0, 0.1) is 0 Å². The summed E-state index contributed by atoms with van der Waals surface area (Å²) in [6.07, 6.45) is 0. The Kier molecular flexibility index (Phi) is 4.81. The summed E-state index contributed by atoms with van der Waals surface area (Å²) in [7, 11) is -9.40. The van der Waals surface area contributed by atoms with Crippen LogP contribution < -0.4 is 11.5 Å². The van der Waals surface area contributed by atoms with E-state index in [1.54, 1.807) is 0 Å². The minimum Gasteiger partial charge on any atom is -0.399 e. The van der Waals surface area contributed by atoms with Crippen LogP contribution in [0.15, 0.2) is 68.6 Å². The van der Waals surface area contributed by atoms with Gasteiger partial charge in [-0.05, 0) is 36.4 Å². The van der Waals surface area contributed by atoms with Crippen LogP contribution in [0.3, 0.4) is 0 Å². The Morgan fingerprint density at radius 3 is 2.04 bits per heavy atom. The molecule has 28 heavy (non-hydrogen) atoms. The number of nitrogens with two attached hydrogens (primary N) is 2. The molecule has 3 aromatic rings. The van der Waals surface area contributed by atoms with Crippen molar-refractivity contribution in [2.24, 2.45) is 10.2 Å². The van der Waals surface area contributed by atoms with Crippen LogP contribution in [0.5, 0.6) is 0 Å². The molecule has 0 heterocycles. The zero-order chi connectivity index (χ0) is 20.7. The third-order valence-corrected chi connectivity index (χ3v) is 5.59.